The number of phenolic OH excluding ortho intramolecular Hbond substituents is 1. The number of fused-ring (bicyclic) bond motifs is 1. The molecular weight excluding hydrogens is 308 g/mol. The van der Waals surface area contributed by atoms with Gasteiger partial charge in [-0.3, -0.25) is 0 Å². The third-order valence-electron chi connectivity index (χ3n) is 4.12. The minimum atomic E-state index is -1.11. The summed E-state index contributed by atoms with van der Waals surface area (Å²) in [6.45, 7) is 5.12. The summed E-state index contributed by atoms with van der Waals surface area (Å²) in [5, 5.41) is 30.4. The lowest BCUT2D eigenvalue weighted by atomic mass is 9.95. The summed E-state index contributed by atoms with van der Waals surface area (Å²) in [7, 11) is 0. The first-order chi connectivity index (χ1) is 11.2. The highest BCUT2D eigenvalue weighted by Gasteiger charge is 2.23. The lowest BCUT2D eigenvalue weighted by Gasteiger charge is -2.24. The summed E-state index contributed by atoms with van der Waals surface area (Å²) in [6.07, 6.45) is 2.87. The van der Waals surface area contributed by atoms with E-state index in [1.807, 2.05) is 13.0 Å². The van der Waals surface area contributed by atoms with Crippen LogP contribution in [0.15, 0.2) is 45.1 Å². The van der Waals surface area contributed by atoms with Crippen molar-refractivity contribution < 1.29 is 19.7 Å². The van der Waals surface area contributed by atoms with E-state index in [0.717, 1.165) is 16.5 Å². The molecule has 1 aromatic heterocycles. The molecule has 3 N–H and O–H groups in total. The largest absolute Gasteiger partial charge is 0.508 e. The van der Waals surface area contributed by atoms with E-state index in [9.17, 15) is 20.1 Å². The fourth-order valence-electron chi connectivity index (χ4n) is 2.42. The number of phenols is 1. The van der Waals surface area contributed by atoms with Crippen molar-refractivity contribution in [3.63, 3.8) is 0 Å². The van der Waals surface area contributed by atoms with Gasteiger partial charge in [-0.25, -0.2) is 4.79 Å². The van der Waals surface area contributed by atoms with Crippen molar-refractivity contribution in [2.75, 3.05) is 0 Å². The number of hydrogen-bond acceptors (Lipinski definition) is 5. The first kappa shape index (κ1) is 18.2. The van der Waals surface area contributed by atoms with Gasteiger partial charge >= 0.3 is 5.63 Å². The van der Waals surface area contributed by atoms with Crippen LogP contribution in [0.3, 0.4) is 0 Å². The Hall–Kier alpha value is -2.11. The number of rotatable bonds is 6. The fourth-order valence-corrected chi connectivity index (χ4v) is 2.42. The molecule has 2 aromatic rings. The Morgan fingerprint density at radius 2 is 2.04 bits per heavy atom. The predicted octanol–water partition coefficient (Wildman–Crippen LogP) is 2.90. The summed E-state index contributed by atoms with van der Waals surface area (Å²) >= 11 is 0. The average Bonchev–Trinajstić information content (AvgIpc) is 2.49. The van der Waals surface area contributed by atoms with Crippen molar-refractivity contribution in [3.05, 3.63) is 51.9 Å². The smallest absolute Gasteiger partial charge is 0.336 e. The van der Waals surface area contributed by atoms with Crippen LogP contribution in [0.1, 0.15) is 39.2 Å². The van der Waals surface area contributed by atoms with Crippen LogP contribution in [0.25, 0.3) is 11.0 Å². The molecule has 0 saturated heterocycles. The van der Waals surface area contributed by atoms with Gasteiger partial charge in [0.25, 0.3) is 0 Å². The lowest BCUT2D eigenvalue weighted by molar-refractivity contribution is -0.0509. The van der Waals surface area contributed by atoms with Crippen molar-refractivity contribution in [2.24, 2.45) is 0 Å². The van der Waals surface area contributed by atoms with Crippen LogP contribution in [0.2, 0.25) is 0 Å². The maximum absolute atomic E-state index is 11.2. The van der Waals surface area contributed by atoms with Gasteiger partial charge in [-0.2, -0.15) is 0 Å². The number of allylic oxidation sites excluding steroid dienone is 2. The zero-order valence-corrected chi connectivity index (χ0v) is 14.2. The van der Waals surface area contributed by atoms with Crippen molar-refractivity contribution in [2.45, 2.75) is 51.7 Å². The van der Waals surface area contributed by atoms with Gasteiger partial charge in [-0.05, 0) is 57.7 Å². The lowest BCUT2D eigenvalue weighted by Crippen LogP contribution is -2.35. The quantitative estimate of drug-likeness (QED) is 0.559. The van der Waals surface area contributed by atoms with Crippen molar-refractivity contribution in [1.82, 2.24) is 0 Å². The Morgan fingerprint density at radius 3 is 2.71 bits per heavy atom. The molecule has 0 bridgehead atoms. The van der Waals surface area contributed by atoms with Crippen molar-refractivity contribution >= 4 is 11.0 Å². The third-order valence-corrected chi connectivity index (χ3v) is 4.12. The van der Waals surface area contributed by atoms with Crippen molar-refractivity contribution in [1.29, 1.82) is 0 Å². The number of hydrogen-bond donors (Lipinski definition) is 3. The van der Waals surface area contributed by atoms with Crippen LogP contribution >= 0.6 is 0 Å². The first-order valence-corrected chi connectivity index (χ1v) is 7.98. The van der Waals surface area contributed by atoms with Gasteiger partial charge in [0.15, 0.2) is 0 Å². The van der Waals surface area contributed by atoms with Gasteiger partial charge in [0.1, 0.15) is 11.3 Å². The van der Waals surface area contributed by atoms with Crippen LogP contribution in [-0.2, 0) is 6.42 Å². The molecule has 1 atom stereocenters. The van der Waals surface area contributed by atoms with Crippen LogP contribution < -0.4 is 5.63 Å². The molecule has 130 valence electrons. The Balaban J connectivity index is 2.07. The van der Waals surface area contributed by atoms with Gasteiger partial charge in [0.05, 0.1) is 11.7 Å². The molecule has 1 heterocycles. The second kappa shape index (κ2) is 7.20. The molecule has 1 aromatic carbocycles. The van der Waals surface area contributed by atoms with E-state index in [-0.39, 0.29) is 5.75 Å². The average molecular weight is 332 g/mol. The van der Waals surface area contributed by atoms with Crippen LogP contribution in [0, 0.1) is 0 Å². The van der Waals surface area contributed by atoms with Gasteiger partial charge in [0.2, 0.25) is 0 Å². The van der Waals surface area contributed by atoms with Crippen molar-refractivity contribution in [3.8, 4) is 5.75 Å². The Morgan fingerprint density at radius 1 is 1.33 bits per heavy atom. The number of aromatic hydroxyl groups is 1. The number of aliphatic hydroxyl groups excluding tert-OH is 1. The molecule has 0 radical (unpaired) electrons. The molecule has 0 spiro atoms. The third kappa shape index (κ3) is 4.69. The zero-order valence-electron chi connectivity index (χ0n) is 14.2. The summed E-state index contributed by atoms with van der Waals surface area (Å²) in [5.41, 5.74) is 0.602. The fraction of sp³-hybridized carbons (Fsp3) is 0.421. The molecule has 0 aliphatic carbocycles. The maximum Gasteiger partial charge on any atom is 0.336 e. The molecule has 0 saturated carbocycles. The normalized spacial score (nSPS) is 14.1. The second-order valence-corrected chi connectivity index (χ2v) is 6.74. The van der Waals surface area contributed by atoms with E-state index in [2.05, 4.69) is 0 Å². The Kier molecular flexibility index (Phi) is 5.47. The van der Waals surface area contributed by atoms with E-state index in [1.165, 1.54) is 12.1 Å². The molecule has 0 fully saturated rings. The standard InChI is InChI=1S/C19H24O5/c1-12(5-8-17(21)19(2,3)23)4-6-13-10-14-7-9-18(22)24-16(14)11-15(13)20/h4,7,9-11,17,20-21,23H,5-6,8H2,1-3H3/b12-4+. The molecule has 5 nitrogen and oxygen atoms in total. The predicted molar refractivity (Wildman–Crippen MR) is 93.1 cm³/mol. The van der Waals surface area contributed by atoms with Crippen LogP contribution in [0.4, 0.5) is 0 Å². The Bertz CT molecular complexity index is 795. The van der Waals surface area contributed by atoms with Gasteiger partial charge in [0, 0.05) is 17.5 Å². The highest BCUT2D eigenvalue weighted by atomic mass is 16.4. The van der Waals surface area contributed by atoms with Crippen LogP contribution in [0.5, 0.6) is 5.75 Å². The molecule has 0 amide bonds. The molecule has 0 aliphatic rings. The molecule has 0 aliphatic heterocycles. The molecule has 24 heavy (non-hydrogen) atoms. The molecule has 5 heteroatoms. The van der Waals surface area contributed by atoms with E-state index in [0.29, 0.717) is 24.8 Å². The maximum atomic E-state index is 11.2. The molecular formula is C19H24O5. The van der Waals surface area contributed by atoms with E-state index in [4.69, 9.17) is 4.42 Å². The molecule has 1 unspecified atom stereocenters. The van der Waals surface area contributed by atoms with E-state index in [1.54, 1.807) is 26.0 Å². The van der Waals surface area contributed by atoms with E-state index >= 15 is 0 Å². The van der Waals surface area contributed by atoms with Gasteiger partial charge in [-0.15, -0.1) is 0 Å². The molecule has 2 rings (SSSR count). The van der Waals surface area contributed by atoms with E-state index < -0.39 is 17.3 Å². The van der Waals surface area contributed by atoms with Gasteiger partial charge in [-0.1, -0.05) is 11.6 Å². The minimum absolute atomic E-state index is 0.0810. The number of benzene rings is 1. The SMILES string of the molecule is C/C(=C\Cc1cc2ccc(=O)oc2cc1O)CCC(O)C(C)(C)O. The first-order valence-electron chi connectivity index (χ1n) is 7.98. The Labute approximate surface area is 140 Å². The highest BCUT2D eigenvalue weighted by molar-refractivity contribution is 5.79. The minimum Gasteiger partial charge on any atom is -0.508 e. The summed E-state index contributed by atoms with van der Waals surface area (Å²) in [4.78, 5) is 11.2. The zero-order chi connectivity index (χ0) is 17.9. The monoisotopic (exact) mass is 332 g/mol. The number of aliphatic hydroxyl groups is 2. The summed E-state index contributed by atoms with van der Waals surface area (Å²) in [6, 6.07) is 6.26. The second-order valence-electron chi connectivity index (χ2n) is 6.74. The topological polar surface area (TPSA) is 90.9 Å². The summed E-state index contributed by atoms with van der Waals surface area (Å²) < 4.78 is 5.04. The van der Waals surface area contributed by atoms with Crippen LogP contribution in [-0.4, -0.2) is 27.0 Å². The highest BCUT2D eigenvalue weighted by Crippen LogP contribution is 2.25. The van der Waals surface area contributed by atoms with Gasteiger partial charge < -0.3 is 19.7 Å². The summed E-state index contributed by atoms with van der Waals surface area (Å²) in [5.74, 6) is 0.0810.